The molecule has 0 aliphatic heterocycles. The third kappa shape index (κ3) is 3.92. The molecule has 0 radical (unpaired) electrons. The highest BCUT2D eigenvalue weighted by atomic mass is 16.2. The Kier molecular flexibility index (Phi) is 5.09. The number of amides is 2. The highest BCUT2D eigenvalue weighted by molar-refractivity contribution is 5.95. The Bertz CT molecular complexity index is 607. The molecule has 0 unspecified atom stereocenters. The Morgan fingerprint density at radius 3 is 2.67 bits per heavy atom. The smallest absolute Gasteiger partial charge is 0.270 e. The van der Waals surface area contributed by atoms with E-state index in [1.165, 1.54) is 6.20 Å². The van der Waals surface area contributed by atoms with E-state index in [-0.39, 0.29) is 18.4 Å². The molecule has 2 amide bonds. The standard InChI is InChI=1S/C15H18N4O2/c1-2-8-17-14(20)10-18-15(21)13-9-16-11-19(13)12-6-4-3-5-7-12/h3-7,9,11H,2,8,10H2,1H3,(H,17,20)(H,18,21). The summed E-state index contributed by atoms with van der Waals surface area (Å²) in [5.41, 5.74) is 1.24. The van der Waals surface area contributed by atoms with Crippen LogP contribution in [-0.4, -0.2) is 34.5 Å². The summed E-state index contributed by atoms with van der Waals surface area (Å²) < 4.78 is 1.68. The zero-order valence-electron chi connectivity index (χ0n) is 11.9. The summed E-state index contributed by atoms with van der Waals surface area (Å²) in [6.45, 7) is 2.53. The van der Waals surface area contributed by atoms with Crippen LogP contribution in [0.1, 0.15) is 23.8 Å². The molecule has 0 aliphatic carbocycles. The monoisotopic (exact) mass is 286 g/mol. The van der Waals surface area contributed by atoms with Crippen molar-refractivity contribution in [1.82, 2.24) is 20.2 Å². The number of nitrogens with zero attached hydrogens (tertiary/aromatic N) is 2. The van der Waals surface area contributed by atoms with Crippen LogP contribution in [0.15, 0.2) is 42.9 Å². The number of hydrogen-bond acceptors (Lipinski definition) is 3. The summed E-state index contributed by atoms with van der Waals surface area (Å²) in [5.74, 6) is -0.529. The lowest BCUT2D eigenvalue weighted by molar-refractivity contribution is -0.120. The van der Waals surface area contributed by atoms with Gasteiger partial charge in [0.2, 0.25) is 5.91 Å². The first-order valence-electron chi connectivity index (χ1n) is 6.85. The van der Waals surface area contributed by atoms with E-state index in [4.69, 9.17) is 0 Å². The van der Waals surface area contributed by atoms with Crippen molar-refractivity contribution in [2.75, 3.05) is 13.1 Å². The number of carbonyl (C=O) groups excluding carboxylic acids is 2. The lowest BCUT2D eigenvalue weighted by Gasteiger charge is -2.09. The number of nitrogens with one attached hydrogen (secondary N) is 2. The minimum Gasteiger partial charge on any atom is -0.355 e. The van der Waals surface area contributed by atoms with Gasteiger partial charge in [-0.2, -0.15) is 0 Å². The zero-order chi connectivity index (χ0) is 15.1. The molecule has 1 aromatic heterocycles. The Balaban J connectivity index is 2.01. The summed E-state index contributed by atoms with van der Waals surface area (Å²) in [6, 6.07) is 9.43. The van der Waals surface area contributed by atoms with Crippen molar-refractivity contribution in [1.29, 1.82) is 0 Å². The molecule has 2 aromatic rings. The Morgan fingerprint density at radius 2 is 1.95 bits per heavy atom. The van der Waals surface area contributed by atoms with Crippen LogP contribution in [0.3, 0.4) is 0 Å². The molecule has 0 fully saturated rings. The van der Waals surface area contributed by atoms with Crippen molar-refractivity contribution in [3.63, 3.8) is 0 Å². The van der Waals surface area contributed by atoms with Gasteiger partial charge in [0.05, 0.1) is 19.1 Å². The maximum atomic E-state index is 12.1. The Labute approximate surface area is 123 Å². The maximum absolute atomic E-state index is 12.1. The molecule has 2 rings (SSSR count). The highest BCUT2D eigenvalue weighted by Gasteiger charge is 2.13. The lowest BCUT2D eigenvalue weighted by Crippen LogP contribution is -2.37. The fraction of sp³-hybridized carbons (Fsp3) is 0.267. The fourth-order valence-corrected chi connectivity index (χ4v) is 1.84. The minimum atomic E-state index is -0.331. The number of imidazole rings is 1. The zero-order valence-corrected chi connectivity index (χ0v) is 11.9. The SMILES string of the molecule is CCCNC(=O)CNC(=O)c1cncn1-c1ccccc1. The first-order chi connectivity index (χ1) is 10.2. The van der Waals surface area contributed by atoms with E-state index in [2.05, 4.69) is 15.6 Å². The molecule has 21 heavy (non-hydrogen) atoms. The minimum absolute atomic E-state index is 0.0429. The van der Waals surface area contributed by atoms with Crippen molar-refractivity contribution in [3.8, 4) is 5.69 Å². The molecule has 1 aromatic carbocycles. The number of carbonyl (C=O) groups is 2. The van der Waals surface area contributed by atoms with Crippen molar-refractivity contribution in [2.45, 2.75) is 13.3 Å². The maximum Gasteiger partial charge on any atom is 0.270 e. The molecular formula is C15H18N4O2. The van der Waals surface area contributed by atoms with Gasteiger partial charge in [0.25, 0.3) is 5.91 Å². The first-order valence-corrected chi connectivity index (χ1v) is 6.85. The molecule has 0 atom stereocenters. The molecule has 0 bridgehead atoms. The van der Waals surface area contributed by atoms with Crippen LogP contribution in [0.25, 0.3) is 5.69 Å². The van der Waals surface area contributed by atoms with Gasteiger partial charge in [-0.15, -0.1) is 0 Å². The molecule has 0 saturated heterocycles. The van der Waals surface area contributed by atoms with Crippen molar-refractivity contribution in [3.05, 3.63) is 48.5 Å². The molecule has 6 nitrogen and oxygen atoms in total. The summed E-state index contributed by atoms with van der Waals surface area (Å²) in [6.07, 6.45) is 3.91. The summed E-state index contributed by atoms with van der Waals surface area (Å²) >= 11 is 0. The van der Waals surface area contributed by atoms with E-state index < -0.39 is 0 Å². The largest absolute Gasteiger partial charge is 0.355 e. The van der Waals surface area contributed by atoms with Crippen LogP contribution in [-0.2, 0) is 4.79 Å². The van der Waals surface area contributed by atoms with Gasteiger partial charge in [-0.3, -0.25) is 14.2 Å². The molecule has 0 spiro atoms. The van der Waals surface area contributed by atoms with Gasteiger partial charge in [-0.05, 0) is 18.6 Å². The van der Waals surface area contributed by atoms with E-state index >= 15 is 0 Å². The number of benzene rings is 1. The van der Waals surface area contributed by atoms with Crippen LogP contribution in [0.2, 0.25) is 0 Å². The van der Waals surface area contributed by atoms with E-state index in [0.29, 0.717) is 12.2 Å². The van der Waals surface area contributed by atoms with E-state index in [1.807, 2.05) is 37.3 Å². The van der Waals surface area contributed by atoms with Crippen LogP contribution in [0, 0.1) is 0 Å². The highest BCUT2D eigenvalue weighted by Crippen LogP contribution is 2.10. The summed E-state index contributed by atoms with van der Waals surface area (Å²) in [5, 5.41) is 5.30. The molecular weight excluding hydrogens is 268 g/mol. The fourth-order valence-electron chi connectivity index (χ4n) is 1.84. The van der Waals surface area contributed by atoms with E-state index in [9.17, 15) is 9.59 Å². The Hall–Kier alpha value is -2.63. The van der Waals surface area contributed by atoms with Crippen molar-refractivity contribution >= 4 is 11.8 Å². The van der Waals surface area contributed by atoms with Gasteiger partial charge >= 0.3 is 0 Å². The second kappa shape index (κ2) is 7.23. The van der Waals surface area contributed by atoms with E-state index in [0.717, 1.165) is 12.1 Å². The third-order valence-electron chi connectivity index (χ3n) is 2.89. The Morgan fingerprint density at radius 1 is 1.19 bits per heavy atom. The van der Waals surface area contributed by atoms with Crippen molar-refractivity contribution in [2.24, 2.45) is 0 Å². The number of aromatic nitrogens is 2. The predicted molar refractivity (Wildman–Crippen MR) is 79.2 cm³/mol. The number of para-hydroxylation sites is 1. The van der Waals surface area contributed by atoms with Gasteiger partial charge in [-0.25, -0.2) is 4.98 Å². The van der Waals surface area contributed by atoms with Gasteiger partial charge in [0, 0.05) is 12.2 Å². The van der Waals surface area contributed by atoms with Gasteiger partial charge in [0.15, 0.2) is 0 Å². The molecule has 2 N–H and O–H groups in total. The average molecular weight is 286 g/mol. The van der Waals surface area contributed by atoms with E-state index in [1.54, 1.807) is 10.9 Å². The van der Waals surface area contributed by atoms with Crippen molar-refractivity contribution < 1.29 is 9.59 Å². The summed E-state index contributed by atoms with van der Waals surface area (Å²) in [4.78, 5) is 27.6. The lowest BCUT2D eigenvalue weighted by atomic mass is 10.3. The number of hydrogen-bond donors (Lipinski definition) is 2. The second-order valence-corrected chi connectivity index (χ2v) is 4.52. The van der Waals surface area contributed by atoms with Crippen LogP contribution in [0.4, 0.5) is 0 Å². The van der Waals surface area contributed by atoms with Crippen LogP contribution >= 0.6 is 0 Å². The molecule has 1 heterocycles. The predicted octanol–water partition coefficient (Wildman–Crippen LogP) is 1.13. The van der Waals surface area contributed by atoms with Gasteiger partial charge < -0.3 is 10.6 Å². The molecule has 110 valence electrons. The summed E-state index contributed by atoms with van der Waals surface area (Å²) in [7, 11) is 0. The topological polar surface area (TPSA) is 76.0 Å². The molecule has 0 aliphatic rings. The third-order valence-corrected chi connectivity index (χ3v) is 2.89. The molecule has 6 heteroatoms. The van der Waals surface area contributed by atoms with Gasteiger partial charge in [-0.1, -0.05) is 25.1 Å². The normalized spacial score (nSPS) is 10.1. The van der Waals surface area contributed by atoms with Crippen LogP contribution in [0.5, 0.6) is 0 Å². The quantitative estimate of drug-likeness (QED) is 0.835. The van der Waals surface area contributed by atoms with Gasteiger partial charge in [0.1, 0.15) is 5.69 Å². The number of rotatable bonds is 6. The molecule has 0 saturated carbocycles. The van der Waals surface area contributed by atoms with Crippen LogP contribution < -0.4 is 10.6 Å². The second-order valence-electron chi connectivity index (χ2n) is 4.52. The first kappa shape index (κ1) is 14.8. The average Bonchev–Trinajstić information content (AvgIpc) is 3.01.